The van der Waals surface area contributed by atoms with Gasteiger partial charge in [-0.1, -0.05) is 0 Å². The van der Waals surface area contributed by atoms with E-state index in [0.717, 1.165) is 49.0 Å². The first-order valence-electron chi connectivity index (χ1n) is 32.9. The van der Waals surface area contributed by atoms with E-state index in [1.54, 1.807) is 0 Å². The summed E-state index contributed by atoms with van der Waals surface area (Å²) in [7, 11) is 0. The molecule has 590 valence electrons. The third-order valence-corrected chi connectivity index (χ3v) is 18.9. The van der Waals surface area contributed by atoms with E-state index >= 15 is 4.79 Å². The molecule has 3 aliphatic heterocycles. The number of aromatic nitrogens is 6. The molecule has 8 amide bonds. The van der Waals surface area contributed by atoms with E-state index in [-0.39, 0.29) is 32.7 Å². The smallest absolute Gasteiger partial charge is 0.404 e. The van der Waals surface area contributed by atoms with Crippen LogP contribution in [0, 0.1) is 6.92 Å². The Hall–Kier alpha value is -7.93. The highest BCUT2D eigenvalue weighted by molar-refractivity contribution is 7.14. The molecule has 7 heterocycles. The second-order valence-electron chi connectivity index (χ2n) is 25.0. The Kier molecular flexibility index (Phi) is 31.2. The fourth-order valence-electron chi connectivity index (χ4n) is 10.9. The molecule has 45 nitrogen and oxygen atoms in total. The minimum Gasteiger partial charge on any atom is -0.441 e. The zero-order chi connectivity index (χ0) is 78.3. The van der Waals surface area contributed by atoms with E-state index in [1.165, 1.54) is 24.6 Å². The quantitative estimate of drug-likeness (QED) is 0.0147. The van der Waals surface area contributed by atoms with E-state index in [9.17, 15) is 89.7 Å². The number of carbonyl (C=O) groups excluding carboxylic acids is 8. The lowest BCUT2D eigenvalue weighted by atomic mass is 9.97. The average Bonchev–Trinajstić information content (AvgIpc) is 0.878. The van der Waals surface area contributed by atoms with Crippen molar-refractivity contribution in [3.8, 4) is 10.7 Å². The van der Waals surface area contributed by atoms with Crippen molar-refractivity contribution in [2.45, 2.75) is 206 Å². The second-order valence-corrected chi connectivity index (χ2v) is 26.8. The first-order valence-corrected chi connectivity index (χ1v) is 34.6. The minimum atomic E-state index is -2.26. The molecule has 3 saturated heterocycles. The van der Waals surface area contributed by atoms with Crippen LogP contribution in [0.3, 0.4) is 0 Å². The number of aliphatic hydroxyl groups excluding tert-OH is 11. The van der Waals surface area contributed by atoms with Crippen LogP contribution in [-0.4, -0.2) is 301 Å². The van der Waals surface area contributed by atoms with Crippen molar-refractivity contribution in [2.75, 3.05) is 38.6 Å². The van der Waals surface area contributed by atoms with Gasteiger partial charge in [0.1, 0.15) is 112 Å². The van der Waals surface area contributed by atoms with Gasteiger partial charge in [0.25, 0.3) is 11.8 Å². The van der Waals surface area contributed by atoms with Gasteiger partial charge in [-0.25, -0.2) is 29.7 Å². The summed E-state index contributed by atoms with van der Waals surface area (Å²) in [4.78, 5) is 132. The third kappa shape index (κ3) is 21.7. The highest BCUT2D eigenvalue weighted by Crippen LogP contribution is 2.36. The van der Waals surface area contributed by atoms with Gasteiger partial charge >= 0.3 is 6.09 Å². The molecule has 32 N–H and O–H groups in total. The molecule has 106 heavy (non-hydrogen) atoms. The highest BCUT2D eigenvalue weighted by atomic mass is 32.1. The molecule has 25 atom stereocenters. The summed E-state index contributed by atoms with van der Waals surface area (Å²) < 4.78 is 40.3. The number of hydrogen-bond donors (Lipinski definition) is 25. The second kappa shape index (κ2) is 38.7. The summed E-state index contributed by atoms with van der Waals surface area (Å²) in [5.41, 5.74) is 39.0. The molecule has 47 heteroatoms. The summed E-state index contributed by atoms with van der Waals surface area (Å²) in [5, 5.41) is 140. The average molecular weight is 1550 g/mol. The third-order valence-electron chi connectivity index (χ3n) is 17.1. The molecule has 3 aliphatic rings. The van der Waals surface area contributed by atoms with Gasteiger partial charge in [-0.05, 0) is 47.1 Å². The van der Waals surface area contributed by atoms with Gasteiger partial charge in [-0.3, -0.25) is 33.6 Å². The van der Waals surface area contributed by atoms with Crippen molar-refractivity contribution in [3.05, 3.63) is 56.8 Å². The zero-order valence-electron chi connectivity index (χ0n) is 57.2. The van der Waals surface area contributed by atoms with E-state index in [0.29, 0.717) is 25.9 Å². The number of nitrogens with one attached hydrogen (secondary N) is 7. The predicted octanol–water partition coefficient (Wildman–Crippen LogP) is -10.9. The monoisotopic (exact) mass is 1550 g/mol. The number of imidazole rings is 1. The number of carbonyl (C=O) groups is 8. The van der Waals surface area contributed by atoms with Crippen LogP contribution >= 0.6 is 22.7 Å². The van der Waals surface area contributed by atoms with Gasteiger partial charge in [0.2, 0.25) is 29.5 Å². The van der Waals surface area contributed by atoms with Gasteiger partial charge in [-0.15, -0.1) is 22.7 Å². The molecule has 7 rings (SSSR count). The van der Waals surface area contributed by atoms with Gasteiger partial charge < -0.3 is 166 Å². The number of H-pyrrole nitrogens is 1. The van der Waals surface area contributed by atoms with Crippen LogP contribution in [0.2, 0.25) is 0 Å². The summed E-state index contributed by atoms with van der Waals surface area (Å²) in [5.74, 6) is -8.30. The topological polar surface area (TPSA) is 758 Å². The Morgan fingerprint density at radius 1 is 0.736 bits per heavy atom. The van der Waals surface area contributed by atoms with Crippen molar-refractivity contribution in [2.24, 2.45) is 34.4 Å². The zero-order valence-corrected chi connectivity index (χ0v) is 58.9. The number of thiazole rings is 2. The van der Waals surface area contributed by atoms with Crippen molar-refractivity contribution >= 4 is 75.9 Å². The maximum atomic E-state index is 15.3. The molecule has 3 fully saturated rings. The van der Waals surface area contributed by atoms with Crippen LogP contribution < -0.4 is 72.0 Å². The molecule has 0 aliphatic carbocycles. The van der Waals surface area contributed by atoms with Crippen LogP contribution in [0.25, 0.3) is 10.7 Å². The lowest BCUT2D eigenvalue weighted by Crippen LogP contribution is -2.65. The standard InChI is InChI=1S/C59H91N19O26S2/c1-18-33(75-48(77-46(18)64)23(9-30(62)83)69-11-22(61)47(65)92)50(94)76-35(43(24-12-67-17-70-24)101-58-45(39(88)36(85)28(13-79)100-58)102-57-41(90)44(103-59(66)97)37(86)29(14-80)99-57)52(96)71-19(2)27(82)10-31(84)74-34(20(3)81)51(95)78-53(104-56-40(89)38(87)32(63)21(4)98-56)42(91)55-73-26(16-106-55)54-72-25(15-105-54)49(93)68-8-6-5-7-60/h12,15-17,19-23,27-29,32,34-45,53,56-58,69,79-82,85-91H,5-11,13-14,60-61,63H2,1-4H3,(H2,62,83)(H2,65,92)(H2,66,97)(H,67,70)(H,68,93)(H,71,96)(H,74,84)(H,76,94)(H,78,95)(H2,64,75,77)/t19-,20-,21?,22+,23+,27+,28?,29?,32?,34+,35+,36?,37?,38?,39?,40?,41?,42?,43+,44?,45?,53?,56?,57?,58?/m1/s1. The predicted molar refractivity (Wildman–Crippen MR) is 359 cm³/mol. The van der Waals surface area contributed by atoms with Crippen molar-refractivity contribution < 1.29 is 128 Å². The number of unbranched alkanes of at least 4 members (excludes halogenated alkanes) is 1. The van der Waals surface area contributed by atoms with Crippen molar-refractivity contribution in [1.82, 2.24) is 61.8 Å². The van der Waals surface area contributed by atoms with Crippen LogP contribution in [-0.2, 0) is 57.1 Å². The fraction of sp³-hybridized carbons (Fsp3) is 0.644. The number of rotatable bonds is 37. The van der Waals surface area contributed by atoms with Crippen LogP contribution in [0.1, 0.15) is 108 Å². The van der Waals surface area contributed by atoms with E-state index in [2.05, 4.69) is 61.8 Å². The molecule has 0 aromatic carbocycles. The Morgan fingerprint density at radius 3 is 2.05 bits per heavy atom. The first kappa shape index (κ1) is 85.3. The van der Waals surface area contributed by atoms with Crippen molar-refractivity contribution in [1.29, 1.82) is 0 Å². The number of anilines is 1. The molecule has 0 saturated carbocycles. The molecule has 17 unspecified atom stereocenters. The number of aromatic amines is 1. The minimum absolute atomic E-state index is 0.0700. The number of nitrogens with two attached hydrogens (primary N) is 7. The Labute approximate surface area is 609 Å². The number of hydrogen-bond acceptors (Lipinski definition) is 38. The van der Waals surface area contributed by atoms with Crippen LogP contribution in [0.15, 0.2) is 23.3 Å². The first-order chi connectivity index (χ1) is 50.1. The number of nitrogen functional groups attached to an aromatic ring is 1. The number of nitrogens with zero attached hydrogens (tertiary/aromatic N) is 5. The molecule has 0 spiro atoms. The van der Waals surface area contributed by atoms with E-state index < -0.39 is 250 Å². The van der Waals surface area contributed by atoms with Gasteiger partial charge in [0, 0.05) is 35.8 Å². The maximum Gasteiger partial charge on any atom is 0.404 e. The van der Waals surface area contributed by atoms with Crippen LogP contribution in [0.4, 0.5) is 10.6 Å². The Bertz CT molecular complexity index is 3610. The number of primary amides is 3. The molecule has 4 aromatic heterocycles. The highest BCUT2D eigenvalue weighted by Gasteiger charge is 2.54. The number of aliphatic hydroxyl groups is 11. The van der Waals surface area contributed by atoms with E-state index in [4.69, 9.17) is 73.3 Å². The van der Waals surface area contributed by atoms with Gasteiger partial charge in [0.05, 0.1) is 80.3 Å². The summed E-state index contributed by atoms with van der Waals surface area (Å²) in [6, 6.07) is -9.65. The lowest BCUT2D eigenvalue weighted by Gasteiger charge is -2.47. The van der Waals surface area contributed by atoms with Crippen LogP contribution in [0.5, 0.6) is 0 Å². The Balaban J connectivity index is 1.18. The lowest BCUT2D eigenvalue weighted by molar-refractivity contribution is -0.372. The number of ether oxygens (including phenoxy) is 7. The molecule has 0 radical (unpaired) electrons. The summed E-state index contributed by atoms with van der Waals surface area (Å²) in [6.07, 6.45) is -36.4. The molecule has 4 aromatic rings. The van der Waals surface area contributed by atoms with Crippen molar-refractivity contribution in [3.63, 3.8) is 0 Å². The fourth-order valence-corrected chi connectivity index (χ4v) is 12.5. The number of amides is 8. The SMILES string of the molecule is Cc1c(N)nc([C@H](CC(N)=O)NC[C@H](N)C(N)=O)nc1C(=O)N[C@H](C(=O)N[C@H](C)[C@@H](O)CC(=O)N[C@H](C(=O)NC(OC1OC(C)C(N)C(O)C1O)C(O)c1nc(-c2nc(C(=O)NCCCCN)cs2)cs1)[C@@H](C)O)[C@@H](OC1OC(CO)C(O)C(O)C1OC1OC(CO)C(O)C(OC(N)=O)C1O)c1cnc[nH]1. The summed E-state index contributed by atoms with van der Waals surface area (Å²) in [6.45, 7) is 3.25. The Morgan fingerprint density at radius 2 is 1.42 bits per heavy atom. The van der Waals surface area contributed by atoms with Gasteiger partial charge in [0.15, 0.2) is 37.3 Å². The molecule has 0 bridgehead atoms. The van der Waals surface area contributed by atoms with Gasteiger partial charge in [-0.2, -0.15) is 0 Å². The molecular formula is C59H91N19O26S2. The molecular weight excluding hydrogens is 1450 g/mol. The van der Waals surface area contributed by atoms with E-state index in [1.807, 2.05) is 0 Å². The summed E-state index contributed by atoms with van der Waals surface area (Å²) >= 11 is 1.89. The largest absolute Gasteiger partial charge is 0.441 e. The maximum absolute atomic E-state index is 15.3. The normalized spacial score (nSPS) is 27.5.